The van der Waals surface area contributed by atoms with Gasteiger partial charge in [0.2, 0.25) is 0 Å². The van der Waals surface area contributed by atoms with Gasteiger partial charge in [-0.25, -0.2) is 0 Å². The second-order valence-electron chi connectivity index (χ2n) is 4.23. The Morgan fingerprint density at radius 2 is 2.06 bits per heavy atom. The van der Waals surface area contributed by atoms with Gasteiger partial charge in [-0.15, -0.1) is 0 Å². The van der Waals surface area contributed by atoms with E-state index in [2.05, 4.69) is 4.90 Å². The second kappa shape index (κ2) is 5.01. The van der Waals surface area contributed by atoms with Crippen LogP contribution >= 0.6 is 0 Å². The minimum Gasteiger partial charge on any atom is -0.441 e. The van der Waals surface area contributed by atoms with Gasteiger partial charge in [0.25, 0.3) is 0 Å². The molecule has 86 valence electrons. The molecule has 1 aromatic rings. The summed E-state index contributed by atoms with van der Waals surface area (Å²) in [5, 5.41) is 0. The first-order valence-electron chi connectivity index (χ1n) is 5.78. The molecule has 1 aliphatic rings. The number of aldehydes is 1. The van der Waals surface area contributed by atoms with E-state index in [1.54, 1.807) is 13.0 Å². The first-order chi connectivity index (χ1) is 7.79. The van der Waals surface area contributed by atoms with Gasteiger partial charge in [0.05, 0.1) is 0 Å². The Kier molecular flexibility index (Phi) is 3.44. The first kappa shape index (κ1) is 11.0. The van der Waals surface area contributed by atoms with Crippen molar-refractivity contribution in [2.45, 2.75) is 26.2 Å². The molecule has 0 aromatic carbocycles. The third-order valence-electron chi connectivity index (χ3n) is 2.84. The Balaban J connectivity index is 2.09. The topological polar surface area (TPSA) is 33.5 Å². The van der Waals surface area contributed by atoms with Crippen molar-refractivity contribution >= 4 is 18.2 Å². The lowest BCUT2D eigenvalue weighted by Gasteiger charge is -2.25. The van der Waals surface area contributed by atoms with E-state index in [0.717, 1.165) is 31.0 Å². The molecule has 1 aliphatic heterocycles. The van der Waals surface area contributed by atoms with Crippen molar-refractivity contribution in [3.05, 3.63) is 23.5 Å². The maximum atomic E-state index is 10.5. The van der Waals surface area contributed by atoms with Crippen molar-refractivity contribution in [2.75, 3.05) is 18.0 Å². The zero-order valence-electron chi connectivity index (χ0n) is 9.61. The van der Waals surface area contributed by atoms with Gasteiger partial charge in [0.15, 0.2) is 5.88 Å². The average molecular weight is 219 g/mol. The number of piperidine rings is 1. The predicted octanol–water partition coefficient (Wildman–Crippen LogP) is 2.87. The highest BCUT2D eigenvalue weighted by atomic mass is 16.4. The van der Waals surface area contributed by atoms with E-state index in [0.29, 0.717) is 5.57 Å². The number of hydrogen-bond donors (Lipinski definition) is 0. The summed E-state index contributed by atoms with van der Waals surface area (Å²) < 4.78 is 5.69. The number of anilines is 1. The molecule has 16 heavy (non-hydrogen) atoms. The molecule has 1 saturated heterocycles. The smallest absolute Gasteiger partial charge is 0.196 e. The number of carbonyl (C=O) groups excluding carboxylic acids is 1. The van der Waals surface area contributed by atoms with Crippen LogP contribution in [0.25, 0.3) is 6.08 Å². The fourth-order valence-electron chi connectivity index (χ4n) is 1.96. The molecule has 0 radical (unpaired) electrons. The fourth-order valence-corrected chi connectivity index (χ4v) is 1.96. The quantitative estimate of drug-likeness (QED) is 0.579. The Morgan fingerprint density at radius 3 is 2.75 bits per heavy atom. The highest BCUT2D eigenvalue weighted by Crippen LogP contribution is 2.23. The number of hydrogen-bond acceptors (Lipinski definition) is 3. The van der Waals surface area contributed by atoms with Crippen molar-refractivity contribution < 1.29 is 9.21 Å². The van der Waals surface area contributed by atoms with Gasteiger partial charge >= 0.3 is 0 Å². The van der Waals surface area contributed by atoms with E-state index in [4.69, 9.17) is 4.42 Å². The Labute approximate surface area is 95.7 Å². The molecule has 0 N–H and O–H groups in total. The SMILES string of the molecule is CC(C=O)=Cc1ccc(N2CCCCC2)o1. The number of furan rings is 1. The molecular formula is C13H17NO2. The van der Waals surface area contributed by atoms with Gasteiger partial charge in [0, 0.05) is 19.2 Å². The molecule has 0 aliphatic carbocycles. The van der Waals surface area contributed by atoms with Gasteiger partial charge in [0.1, 0.15) is 12.0 Å². The Bertz CT molecular complexity index is 386. The molecule has 1 fully saturated rings. The average Bonchev–Trinajstić information content (AvgIpc) is 2.78. The highest BCUT2D eigenvalue weighted by molar-refractivity contribution is 5.80. The van der Waals surface area contributed by atoms with Gasteiger partial charge in [-0.1, -0.05) is 0 Å². The largest absolute Gasteiger partial charge is 0.441 e. The maximum Gasteiger partial charge on any atom is 0.196 e. The highest BCUT2D eigenvalue weighted by Gasteiger charge is 2.13. The van der Waals surface area contributed by atoms with Crippen LogP contribution in [0.4, 0.5) is 5.88 Å². The third kappa shape index (κ3) is 2.54. The van der Waals surface area contributed by atoms with Crippen LogP contribution in [-0.4, -0.2) is 19.4 Å². The monoisotopic (exact) mass is 219 g/mol. The van der Waals surface area contributed by atoms with Crippen LogP contribution in [0.2, 0.25) is 0 Å². The summed E-state index contributed by atoms with van der Waals surface area (Å²) in [6, 6.07) is 3.90. The van der Waals surface area contributed by atoms with Crippen LogP contribution in [-0.2, 0) is 4.79 Å². The molecule has 0 spiro atoms. The minimum atomic E-state index is 0.680. The molecule has 0 amide bonds. The molecule has 0 atom stereocenters. The number of rotatable bonds is 3. The van der Waals surface area contributed by atoms with Crippen LogP contribution in [0, 0.1) is 0 Å². The van der Waals surface area contributed by atoms with Crippen LogP contribution in [0.15, 0.2) is 22.1 Å². The van der Waals surface area contributed by atoms with Crippen molar-refractivity contribution in [1.82, 2.24) is 0 Å². The van der Waals surface area contributed by atoms with E-state index in [-0.39, 0.29) is 0 Å². The lowest BCUT2D eigenvalue weighted by atomic mass is 10.1. The lowest BCUT2D eigenvalue weighted by Crippen LogP contribution is -2.28. The number of nitrogens with zero attached hydrogens (tertiary/aromatic N) is 1. The van der Waals surface area contributed by atoms with E-state index in [1.165, 1.54) is 19.3 Å². The summed E-state index contributed by atoms with van der Waals surface area (Å²) in [4.78, 5) is 12.8. The minimum absolute atomic E-state index is 0.680. The van der Waals surface area contributed by atoms with E-state index >= 15 is 0 Å². The molecule has 3 heteroatoms. The van der Waals surface area contributed by atoms with Crippen LogP contribution in [0.1, 0.15) is 31.9 Å². The third-order valence-corrected chi connectivity index (χ3v) is 2.84. The van der Waals surface area contributed by atoms with Crippen LogP contribution in [0.5, 0.6) is 0 Å². The van der Waals surface area contributed by atoms with Gasteiger partial charge < -0.3 is 9.32 Å². The van der Waals surface area contributed by atoms with Crippen molar-refractivity contribution in [1.29, 1.82) is 0 Å². The number of carbonyl (C=O) groups is 1. The van der Waals surface area contributed by atoms with E-state index in [1.807, 2.05) is 12.1 Å². The van der Waals surface area contributed by atoms with Gasteiger partial charge in [-0.2, -0.15) is 0 Å². The molecule has 2 heterocycles. The molecule has 0 bridgehead atoms. The Hall–Kier alpha value is -1.51. The summed E-state index contributed by atoms with van der Waals surface area (Å²) in [7, 11) is 0. The van der Waals surface area contributed by atoms with Crippen molar-refractivity contribution in [3.63, 3.8) is 0 Å². The second-order valence-corrected chi connectivity index (χ2v) is 4.23. The van der Waals surface area contributed by atoms with Gasteiger partial charge in [-0.3, -0.25) is 4.79 Å². The fraction of sp³-hybridized carbons (Fsp3) is 0.462. The lowest BCUT2D eigenvalue weighted by molar-refractivity contribution is -0.104. The summed E-state index contributed by atoms with van der Waals surface area (Å²) in [5.41, 5.74) is 0.680. The van der Waals surface area contributed by atoms with Gasteiger partial charge in [-0.05, 0) is 43.9 Å². The predicted molar refractivity (Wildman–Crippen MR) is 64.5 cm³/mol. The zero-order valence-corrected chi connectivity index (χ0v) is 9.61. The normalized spacial score (nSPS) is 17.6. The summed E-state index contributed by atoms with van der Waals surface area (Å²) >= 11 is 0. The summed E-state index contributed by atoms with van der Waals surface area (Å²) in [6.07, 6.45) is 6.39. The number of allylic oxidation sites excluding steroid dienone is 1. The summed E-state index contributed by atoms with van der Waals surface area (Å²) in [5.74, 6) is 1.68. The molecule has 0 saturated carbocycles. The molecule has 2 rings (SSSR count). The van der Waals surface area contributed by atoms with Crippen molar-refractivity contribution in [2.24, 2.45) is 0 Å². The van der Waals surface area contributed by atoms with Crippen molar-refractivity contribution in [3.8, 4) is 0 Å². The first-order valence-corrected chi connectivity index (χ1v) is 5.78. The maximum absolute atomic E-state index is 10.5. The molecular weight excluding hydrogens is 202 g/mol. The Morgan fingerprint density at radius 1 is 1.31 bits per heavy atom. The zero-order chi connectivity index (χ0) is 11.4. The molecule has 1 aromatic heterocycles. The summed E-state index contributed by atoms with van der Waals surface area (Å²) in [6.45, 7) is 3.92. The standard InChI is InChI=1S/C13H17NO2/c1-11(10-15)9-12-5-6-13(16-12)14-7-3-2-4-8-14/h5-6,9-10H,2-4,7-8H2,1H3. The van der Waals surface area contributed by atoms with Crippen LogP contribution in [0.3, 0.4) is 0 Å². The van der Waals surface area contributed by atoms with E-state index in [9.17, 15) is 4.79 Å². The van der Waals surface area contributed by atoms with Crippen LogP contribution < -0.4 is 4.90 Å². The molecule has 0 unspecified atom stereocenters. The van der Waals surface area contributed by atoms with E-state index < -0.39 is 0 Å². The molecule has 3 nitrogen and oxygen atoms in total.